The number of nitrogens with zero attached hydrogens (tertiary/aromatic N) is 1. The molecule has 1 aromatic rings. The Labute approximate surface area is 135 Å². The van der Waals surface area contributed by atoms with Gasteiger partial charge in [0.05, 0.1) is 13.0 Å². The van der Waals surface area contributed by atoms with Crippen LogP contribution >= 0.6 is 0 Å². The van der Waals surface area contributed by atoms with Crippen molar-refractivity contribution in [2.24, 2.45) is 11.8 Å². The zero-order valence-corrected chi connectivity index (χ0v) is 13.1. The molecule has 0 aliphatic heterocycles. The molecule has 0 saturated heterocycles. The Bertz CT molecular complexity index is 563. The fraction of sp³-hybridized carbons (Fsp3) is 0.588. The summed E-state index contributed by atoms with van der Waals surface area (Å²) in [6, 6.07) is 2.82. The van der Waals surface area contributed by atoms with Crippen LogP contribution in [0.1, 0.15) is 31.2 Å². The zero-order chi connectivity index (χ0) is 16.2. The van der Waals surface area contributed by atoms with E-state index >= 15 is 0 Å². The Morgan fingerprint density at radius 1 is 1.26 bits per heavy atom. The first-order valence-electron chi connectivity index (χ1n) is 8.25. The van der Waals surface area contributed by atoms with Crippen LogP contribution < -0.4 is 10.6 Å². The van der Waals surface area contributed by atoms with Crippen LogP contribution in [0.5, 0.6) is 0 Å². The van der Waals surface area contributed by atoms with E-state index in [4.69, 9.17) is 0 Å². The SMILES string of the molecule is O=C(Cc1ccncc1)N[C@@H](CO)C(=O)NC1CC2CCC1C2. The minimum atomic E-state index is -0.886. The number of rotatable bonds is 6. The van der Waals surface area contributed by atoms with E-state index in [0.717, 1.165) is 17.9 Å². The molecule has 1 aromatic heterocycles. The van der Waals surface area contributed by atoms with E-state index in [1.165, 1.54) is 19.3 Å². The second kappa shape index (κ2) is 7.08. The third-order valence-corrected chi connectivity index (χ3v) is 5.01. The number of carbonyl (C=O) groups is 2. The van der Waals surface area contributed by atoms with Crippen LogP contribution in [-0.2, 0) is 16.0 Å². The first-order chi connectivity index (χ1) is 11.2. The van der Waals surface area contributed by atoms with Gasteiger partial charge in [-0.2, -0.15) is 0 Å². The van der Waals surface area contributed by atoms with Gasteiger partial charge in [0.2, 0.25) is 11.8 Å². The lowest BCUT2D eigenvalue weighted by Gasteiger charge is -2.25. The molecule has 2 aliphatic carbocycles. The Morgan fingerprint density at radius 2 is 2.04 bits per heavy atom. The van der Waals surface area contributed by atoms with Gasteiger partial charge in [-0.15, -0.1) is 0 Å². The molecular weight excluding hydrogens is 294 g/mol. The third-order valence-electron chi connectivity index (χ3n) is 5.01. The van der Waals surface area contributed by atoms with Crippen molar-refractivity contribution in [1.29, 1.82) is 0 Å². The van der Waals surface area contributed by atoms with Crippen LogP contribution in [0.15, 0.2) is 24.5 Å². The van der Waals surface area contributed by atoms with Crippen molar-refractivity contribution in [3.05, 3.63) is 30.1 Å². The Morgan fingerprint density at radius 3 is 2.65 bits per heavy atom. The van der Waals surface area contributed by atoms with Crippen molar-refractivity contribution in [3.8, 4) is 0 Å². The summed E-state index contributed by atoms with van der Waals surface area (Å²) in [4.78, 5) is 28.2. The summed E-state index contributed by atoms with van der Waals surface area (Å²) in [5.74, 6) is 0.737. The number of amides is 2. The highest BCUT2D eigenvalue weighted by molar-refractivity contribution is 5.88. The molecule has 0 spiro atoms. The van der Waals surface area contributed by atoms with Crippen molar-refractivity contribution < 1.29 is 14.7 Å². The third kappa shape index (κ3) is 3.88. The van der Waals surface area contributed by atoms with Crippen LogP contribution in [0.3, 0.4) is 0 Å². The molecule has 4 atom stereocenters. The Hall–Kier alpha value is -1.95. The van der Waals surface area contributed by atoms with Gasteiger partial charge in [0, 0.05) is 18.4 Å². The maximum atomic E-state index is 12.3. The maximum Gasteiger partial charge on any atom is 0.245 e. The summed E-state index contributed by atoms with van der Waals surface area (Å²) in [5.41, 5.74) is 0.822. The molecule has 0 radical (unpaired) electrons. The molecule has 6 heteroatoms. The van der Waals surface area contributed by atoms with E-state index in [1.807, 2.05) is 0 Å². The molecule has 0 aromatic carbocycles. The quantitative estimate of drug-likeness (QED) is 0.708. The van der Waals surface area contributed by atoms with Gasteiger partial charge in [0.15, 0.2) is 0 Å². The number of aromatic nitrogens is 1. The molecule has 3 unspecified atom stereocenters. The molecule has 23 heavy (non-hydrogen) atoms. The number of fused-ring (bicyclic) bond motifs is 2. The lowest BCUT2D eigenvalue weighted by Crippen LogP contribution is -2.52. The van der Waals surface area contributed by atoms with E-state index in [2.05, 4.69) is 15.6 Å². The average molecular weight is 317 g/mol. The summed E-state index contributed by atoms with van der Waals surface area (Å²) in [6.07, 6.45) is 8.07. The number of hydrogen-bond donors (Lipinski definition) is 3. The molecule has 3 N–H and O–H groups in total. The van der Waals surface area contributed by atoms with Gasteiger partial charge in [0.25, 0.3) is 0 Å². The molecule has 1 heterocycles. The summed E-state index contributed by atoms with van der Waals surface area (Å²) in [7, 11) is 0. The molecule has 2 fully saturated rings. The van der Waals surface area contributed by atoms with E-state index < -0.39 is 12.6 Å². The lowest BCUT2D eigenvalue weighted by molar-refractivity contribution is -0.130. The predicted octanol–water partition coefficient (Wildman–Crippen LogP) is 0.406. The normalized spacial score (nSPS) is 26.7. The molecule has 2 aliphatic rings. The summed E-state index contributed by atoms with van der Waals surface area (Å²) < 4.78 is 0. The van der Waals surface area contributed by atoms with Gasteiger partial charge in [0.1, 0.15) is 6.04 Å². The van der Waals surface area contributed by atoms with Crippen molar-refractivity contribution >= 4 is 11.8 Å². The highest BCUT2D eigenvalue weighted by atomic mass is 16.3. The number of aliphatic hydroxyl groups excluding tert-OH is 1. The number of nitrogens with one attached hydrogen (secondary N) is 2. The maximum absolute atomic E-state index is 12.3. The number of pyridine rings is 1. The topological polar surface area (TPSA) is 91.3 Å². The fourth-order valence-corrected chi connectivity index (χ4v) is 3.83. The van der Waals surface area contributed by atoms with Gasteiger partial charge in [-0.3, -0.25) is 14.6 Å². The van der Waals surface area contributed by atoms with Crippen molar-refractivity contribution in [2.75, 3.05) is 6.61 Å². The Kier molecular flexibility index (Phi) is 4.91. The summed E-state index contributed by atoms with van der Waals surface area (Å²) in [5, 5.41) is 15.1. The minimum Gasteiger partial charge on any atom is -0.394 e. The van der Waals surface area contributed by atoms with Gasteiger partial charge in [-0.05, 0) is 48.8 Å². The van der Waals surface area contributed by atoms with Gasteiger partial charge in [-0.1, -0.05) is 6.42 Å². The monoisotopic (exact) mass is 317 g/mol. The highest BCUT2D eigenvalue weighted by Gasteiger charge is 2.40. The molecule has 2 saturated carbocycles. The summed E-state index contributed by atoms with van der Waals surface area (Å²) >= 11 is 0. The largest absolute Gasteiger partial charge is 0.394 e. The van der Waals surface area contributed by atoms with Crippen LogP contribution in [0.4, 0.5) is 0 Å². The van der Waals surface area contributed by atoms with Crippen LogP contribution in [0.25, 0.3) is 0 Å². The second-order valence-electron chi connectivity index (χ2n) is 6.62. The van der Waals surface area contributed by atoms with Crippen molar-refractivity contribution in [3.63, 3.8) is 0 Å². The lowest BCUT2D eigenvalue weighted by atomic mass is 9.95. The van der Waals surface area contributed by atoms with E-state index in [0.29, 0.717) is 5.92 Å². The Balaban J connectivity index is 1.50. The number of hydrogen-bond acceptors (Lipinski definition) is 4. The molecule has 2 amide bonds. The highest BCUT2D eigenvalue weighted by Crippen LogP contribution is 2.44. The van der Waals surface area contributed by atoms with E-state index in [9.17, 15) is 14.7 Å². The van der Waals surface area contributed by atoms with E-state index in [1.54, 1.807) is 24.5 Å². The van der Waals surface area contributed by atoms with Crippen LogP contribution in [0, 0.1) is 11.8 Å². The van der Waals surface area contributed by atoms with Gasteiger partial charge in [-0.25, -0.2) is 0 Å². The number of aliphatic hydroxyl groups is 1. The van der Waals surface area contributed by atoms with Crippen molar-refractivity contribution in [1.82, 2.24) is 15.6 Å². The standard InChI is InChI=1S/C17H23N3O3/c21-10-15(19-16(22)9-11-3-5-18-6-4-11)17(23)20-14-8-12-1-2-13(14)7-12/h3-6,12-15,21H,1-2,7-10H2,(H,19,22)(H,20,23)/t12?,13?,14?,15-/m0/s1. The first kappa shape index (κ1) is 15.9. The summed E-state index contributed by atoms with van der Waals surface area (Å²) in [6.45, 7) is -0.394. The van der Waals surface area contributed by atoms with E-state index in [-0.39, 0.29) is 24.3 Å². The molecule has 3 rings (SSSR count). The molecule has 124 valence electrons. The predicted molar refractivity (Wildman–Crippen MR) is 84.3 cm³/mol. The molecule has 6 nitrogen and oxygen atoms in total. The molecular formula is C17H23N3O3. The van der Waals surface area contributed by atoms with Gasteiger partial charge < -0.3 is 15.7 Å². The fourth-order valence-electron chi connectivity index (χ4n) is 3.83. The molecule has 2 bridgehead atoms. The second-order valence-corrected chi connectivity index (χ2v) is 6.62. The van der Waals surface area contributed by atoms with Gasteiger partial charge >= 0.3 is 0 Å². The van der Waals surface area contributed by atoms with Crippen molar-refractivity contribution in [2.45, 2.75) is 44.2 Å². The van der Waals surface area contributed by atoms with Crippen LogP contribution in [-0.4, -0.2) is 40.6 Å². The minimum absolute atomic E-state index is 0.167. The first-order valence-corrected chi connectivity index (χ1v) is 8.25. The van der Waals surface area contributed by atoms with Crippen LogP contribution in [0.2, 0.25) is 0 Å². The average Bonchev–Trinajstić information content (AvgIpc) is 3.16. The number of carbonyl (C=O) groups excluding carboxylic acids is 2. The smallest absolute Gasteiger partial charge is 0.245 e. The zero-order valence-electron chi connectivity index (χ0n) is 13.1.